The summed E-state index contributed by atoms with van der Waals surface area (Å²) < 4.78 is 23.9. The fourth-order valence-electron chi connectivity index (χ4n) is 1.88. The molecule has 4 nitrogen and oxygen atoms in total. The highest BCUT2D eigenvalue weighted by atomic mass is 79.9. The van der Waals surface area contributed by atoms with Gasteiger partial charge in [0.15, 0.2) is 0 Å². The van der Waals surface area contributed by atoms with Crippen molar-refractivity contribution in [2.75, 3.05) is 20.3 Å². The fourth-order valence-corrected chi connectivity index (χ4v) is 2.40. The molecule has 0 aliphatic rings. The minimum Gasteiger partial charge on any atom is -0.467 e. The second kappa shape index (κ2) is 7.38. The summed E-state index contributed by atoms with van der Waals surface area (Å²) in [6.45, 7) is 1.16. The maximum Gasteiger partial charge on any atom is 0.255 e. The number of amides is 1. The number of benzene rings is 1. The first kappa shape index (κ1) is 15.7. The molecule has 2 aromatic rings. The molecule has 0 spiro atoms. The standard InChI is InChI=1S/C15H15BrFNO3/c1-20-8-6-18(10-12-3-2-7-21-12)15(19)13-5-4-11(17)9-14(13)16/h2-5,7,9H,6,8,10H2,1H3. The van der Waals surface area contributed by atoms with Gasteiger partial charge in [-0.15, -0.1) is 0 Å². The van der Waals surface area contributed by atoms with Crippen LogP contribution in [0.25, 0.3) is 0 Å². The van der Waals surface area contributed by atoms with E-state index in [2.05, 4.69) is 15.9 Å². The Bertz CT molecular complexity index is 601. The van der Waals surface area contributed by atoms with Crippen molar-refractivity contribution in [2.45, 2.75) is 6.54 Å². The third-order valence-corrected chi connectivity index (χ3v) is 3.60. The molecule has 0 fully saturated rings. The smallest absolute Gasteiger partial charge is 0.255 e. The third-order valence-electron chi connectivity index (χ3n) is 2.94. The van der Waals surface area contributed by atoms with Crippen LogP contribution in [0.15, 0.2) is 45.5 Å². The van der Waals surface area contributed by atoms with Gasteiger partial charge in [0, 0.05) is 18.1 Å². The van der Waals surface area contributed by atoms with Gasteiger partial charge in [0.2, 0.25) is 0 Å². The molecule has 112 valence electrons. The molecule has 1 heterocycles. The van der Waals surface area contributed by atoms with Crippen LogP contribution < -0.4 is 0 Å². The Morgan fingerprint density at radius 3 is 2.86 bits per heavy atom. The Balaban J connectivity index is 2.20. The van der Waals surface area contributed by atoms with E-state index >= 15 is 0 Å². The lowest BCUT2D eigenvalue weighted by atomic mass is 10.2. The Kier molecular flexibility index (Phi) is 5.52. The molecule has 0 radical (unpaired) electrons. The summed E-state index contributed by atoms with van der Waals surface area (Å²) in [4.78, 5) is 14.2. The van der Waals surface area contributed by atoms with Crippen molar-refractivity contribution in [3.8, 4) is 0 Å². The predicted octanol–water partition coefficient (Wildman–Crippen LogP) is 3.47. The van der Waals surface area contributed by atoms with Gasteiger partial charge in [0.1, 0.15) is 11.6 Å². The van der Waals surface area contributed by atoms with Gasteiger partial charge in [0.25, 0.3) is 5.91 Å². The van der Waals surface area contributed by atoms with Crippen molar-refractivity contribution >= 4 is 21.8 Å². The average molecular weight is 356 g/mol. The molecule has 0 bridgehead atoms. The van der Waals surface area contributed by atoms with E-state index in [0.29, 0.717) is 35.5 Å². The van der Waals surface area contributed by atoms with Gasteiger partial charge in [-0.2, -0.15) is 0 Å². The number of nitrogens with zero attached hydrogens (tertiary/aromatic N) is 1. The third kappa shape index (κ3) is 4.15. The number of ether oxygens (including phenoxy) is 1. The molecule has 6 heteroatoms. The lowest BCUT2D eigenvalue weighted by molar-refractivity contribution is 0.0665. The van der Waals surface area contributed by atoms with Gasteiger partial charge in [-0.05, 0) is 46.3 Å². The summed E-state index contributed by atoms with van der Waals surface area (Å²) in [5.74, 6) is 0.0703. The zero-order valence-corrected chi connectivity index (χ0v) is 13.1. The van der Waals surface area contributed by atoms with Crippen LogP contribution in [0.3, 0.4) is 0 Å². The van der Waals surface area contributed by atoms with E-state index in [0.717, 1.165) is 0 Å². The molecule has 21 heavy (non-hydrogen) atoms. The highest BCUT2D eigenvalue weighted by Crippen LogP contribution is 2.20. The number of carbonyl (C=O) groups excluding carboxylic acids is 1. The molecular weight excluding hydrogens is 341 g/mol. The minimum atomic E-state index is -0.395. The van der Waals surface area contributed by atoms with E-state index in [1.807, 2.05) is 0 Å². The second-order valence-corrected chi connectivity index (χ2v) is 5.28. The number of methoxy groups -OCH3 is 1. The minimum absolute atomic E-state index is 0.213. The van der Waals surface area contributed by atoms with Gasteiger partial charge in [-0.25, -0.2) is 4.39 Å². The predicted molar refractivity (Wildman–Crippen MR) is 79.4 cm³/mol. The van der Waals surface area contributed by atoms with E-state index in [1.165, 1.54) is 18.2 Å². The van der Waals surface area contributed by atoms with Crippen molar-refractivity contribution in [2.24, 2.45) is 0 Å². The molecule has 0 saturated carbocycles. The number of carbonyl (C=O) groups is 1. The second-order valence-electron chi connectivity index (χ2n) is 4.42. The van der Waals surface area contributed by atoms with Crippen molar-refractivity contribution in [1.29, 1.82) is 0 Å². The van der Waals surface area contributed by atoms with Crippen molar-refractivity contribution in [3.63, 3.8) is 0 Å². The van der Waals surface area contributed by atoms with Crippen LogP contribution in [0.1, 0.15) is 16.1 Å². The first-order valence-electron chi connectivity index (χ1n) is 6.37. The molecule has 1 amide bonds. The summed E-state index contributed by atoms with van der Waals surface area (Å²) in [7, 11) is 1.57. The molecule has 1 aromatic carbocycles. The first-order valence-corrected chi connectivity index (χ1v) is 7.16. The SMILES string of the molecule is COCCN(Cc1ccco1)C(=O)c1ccc(F)cc1Br. The first-order chi connectivity index (χ1) is 10.1. The van der Waals surface area contributed by atoms with E-state index in [9.17, 15) is 9.18 Å². The number of rotatable bonds is 6. The monoisotopic (exact) mass is 355 g/mol. The number of hydrogen-bond donors (Lipinski definition) is 0. The zero-order chi connectivity index (χ0) is 15.2. The molecular formula is C15H15BrFNO3. The molecule has 0 N–H and O–H groups in total. The largest absolute Gasteiger partial charge is 0.467 e. The Morgan fingerprint density at radius 2 is 2.24 bits per heavy atom. The van der Waals surface area contributed by atoms with E-state index in [1.54, 1.807) is 30.4 Å². The van der Waals surface area contributed by atoms with Gasteiger partial charge in [-0.3, -0.25) is 4.79 Å². The van der Waals surface area contributed by atoms with Crippen LogP contribution in [-0.4, -0.2) is 31.1 Å². The van der Waals surface area contributed by atoms with Crippen LogP contribution in [0, 0.1) is 5.82 Å². The summed E-state index contributed by atoms with van der Waals surface area (Å²) in [6.07, 6.45) is 1.56. The molecule has 0 unspecified atom stereocenters. The number of halogens is 2. The molecule has 0 aliphatic heterocycles. The van der Waals surface area contributed by atoms with Gasteiger partial charge in [-0.1, -0.05) is 0 Å². The number of furan rings is 1. The van der Waals surface area contributed by atoms with Gasteiger partial charge < -0.3 is 14.1 Å². The van der Waals surface area contributed by atoms with Crippen LogP contribution in [-0.2, 0) is 11.3 Å². The molecule has 0 atom stereocenters. The maximum atomic E-state index is 13.1. The Morgan fingerprint density at radius 1 is 1.43 bits per heavy atom. The lowest BCUT2D eigenvalue weighted by Gasteiger charge is -2.22. The quantitative estimate of drug-likeness (QED) is 0.796. The molecule has 1 aromatic heterocycles. The van der Waals surface area contributed by atoms with Crippen LogP contribution in [0.2, 0.25) is 0 Å². The van der Waals surface area contributed by atoms with E-state index in [4.69, 9.17) is 9.15 Å². The summed E-state index contributed by atoms with van der Waals surface area (Å²) in [6, 6.07) is 7.56. The summed E-state index contributed by atoms with van der Waals surface area (Å²) >= 11 is 3.22. The highest BCUT2D eigenvalue weighted by molar-refractivity contribution is 9.10. The topological polar surface area (TPSA) is 42.7 Å². The number of hydrogen-bond acceptors (Lipinski definition) is 3. The molecule has 2 rings (SSSR count). The summed E-state index contributed by atoms with van der Waals surface area (Å²) in [5.41, 5.74) is 0.402. The Labute approximate surface area is 130 Å². The van der Waals surface area contributed by atoms with Crippen molar-refractivity contribution in [1.82, 2.24) is 4.90 Å². The van der Waals surface area contributed by atoms with Crippen LogP contribution >= 0.6 is 15.9 Å². The molecule has 0 aliphatic carbocycles. The van der Waals surface area contributed by atoms with E-state index in [-0.39, 0.29) is 5.91 Å². The maximum absolute atomic E-state index is 13.1. The van der Waals surface area contributed by atoms with Gasteiger partial charge in [0.05, 0.1) is 25.0 Å². The average Bonchev–Trinajstić information content (AvgIpc) is 2.95. The fraction of sp³-hybridized carbons (Fsp3) is 0.267. The Hall–Kier alpha value is -1.66. The molecule has 0 saturated heterocycles. The van der Waals surface area contributed by atoms with Crippen molar-refractivity contribution in [3.05, 3.63) is 58.2 Å². The zero-order valence-electron chi connectivity index (χ0n) is 11.5. The van der Waals surface area contributed by atoms with Crippen molar-refractivity contribution < 1.29 is 18.3 Å². The van der Waals surface area contributed by atoms with Gasteiger partial charge >= 0.3 is 0 Å². The highest BCUT2D eigenvalue weighted by Gasteiger charge is 2.19. The summed E-state index contributed by atoms with van der Waals surface area (Å²) in [5, 5.41) is 0. The van der Waals surface area contributed by atoms with E-state index < -0.39 is 5.82 Å². The lowest BCUT2D eigenvalue weighted by Crippen LogP contribution is -2.33. The van der Waals surface area contributed by atoms with Crippen LogP contribution in [0.4, 0.5) is 4.39 Å². The van der Waals surface area contributed by atoms with Crippen LogP contribution in [0.5, 0.6) is 0 Å². The normalized spacial score (nSPS) is 10.6.